The second-order valence-electron chi connectivity index (χ2n) is 7.37. The molecular weight excluding hydrogens is 354 g/mol. The van der Waals surface area contributed by atoms with Gasteiger partial charge < -0.3 is 18.8 Å². The van der Waals surface area contributed by atoms with Crippen molar-refractivity contribution in [2.75, 3.05) is 14.2 Å². The zero-order chi connectivity index (χ0) is 20.3. The van der Waals surface area contributed by atoms with E-state index in [1.807, 2.05) is 69.3 Å². The highest BCUT2D eigenvalue weighted by molar-refractivity contribution is 5.90. The quantitative estimate of drug-likeness (QED) is 0.462. The molecule has 0 radical (unpaired) electrons. The standard InChI is InChI=1S/C23H25NO4/c1-23(2,3)28-22(25)13-11-17-14-16-8-6-7-9-19(16)24(17)18-10-12-20(26-4)21(15-18)27-5/h6-15H,1-5H3. The van der Waals surface area contributed by atoms with Crippen LogP contribution in [0.15, 0.2) is 54.6 Å². The molecule has 2 aromatic carbocycles. The van der Waals surface area contributed by atoms with E-state index < -0.39 is 5.60 Å². The van der Waals surface area contributed by atoms with Crippen molar-refractivity contribution in [3.63, 3.8) is 0 Å². The molecule has 0 saturated heterocycles. The Kier molecular flexibility index (Phi) is 5.45. The van der Waals surface area contributed by atoms with Gasteiger partial charge in [-0.05, 0) is 51.1 Å². The molecule has 0 saturated carbocycles. The van der Waals surface area contributed by atoms with Gasteiger partial charge in [0.05, 0.1) is 25.4 Å². The third-order valence-electron chi connectivity index (χ3n) is 4.16. The second-order valence-corrected chi connectivity index (χ2v) is 7.37. The summed E-state index contributed by atoms with van der Waals surface area (Å²) in [5, 5.41) is 1.07. The fourth-order valence-corrected chi connectivity index (χ4v) is 3.04. The molecule has 5 heteroatoms. The number of carbonyl (C=O) groups excluding carboxylic acids is 1. The smallest absolute Gasteiger partial charge is 0.331 e. The SMILES string of the molecule is COc1ccc(-n2c(C=CC(=O)OC(C)(C)C)cc3ccccc32)cc1OC. The van der Waals surface area contributed by atoms with Crippen molar-refractivity contribution in [3.8, 4) is 17.2 Å². The lowest BCUT2D eigenvalue weighted by Gasteiger charge is -2.18. The average molecular weight is 379 g/mol. The number of fused-ring (bicyclic) bond motifs is 1. The van der Waals surface area contributed by atoms with Gasteiger partial charge in [-0.1, -0.05) is 18.2 Å². The number of hydrogen-bond acceptors (Lipinski definition) is 4. The predicted octanol–water partition coefficient (Wildman–Crippen LogP) is 5.00. The van der Waals surface area contributed by atoms with E-state index in [1.54, 1.807) is 20.3 Å². The van der Waals surface area contributed by atoms with Crippen molar-refractivity contribution in [1.29, 1.82) is 0 Å². The van der Waals surface area contributed by atoms with Gasteiger partial charge in [-0.3, -0.25) is 0 Å². The topological polar surface area (TPSA) is 49.7 Å². The van der Waals surface area contributed by atoms with Crippen molar-refractivity contribution < 1.29 is 19.0 Å². The van der Waals surface area contributed by atoms with Gasteiger partial charge in [0.1, 0.15) is 5.60 Å². The van der Waals surface area contributed by atoms with Gasteiger partial charge in [0, 0.05) is 23.2 Å². The van der Waals surface area contributed by atoms with Crippen molar-refractivity contribution in [2.24, 2.45) is 0 Å². The second kappa shape index (κ2) is 7.80. The molecule has 0 amide bonds. The molecule has 0 fully saturated rings. The van der Waals surface area contributed by atoms with E-state index in [2.05, 4.69) is 4.57 Å². The van der Waals surface area contributed by atoms with Gasteiger partial charge in [0.2, 0.25) is 0 Å². The lowest BCUT2D eigenvalue weighted by atomic mass is 10.2. The summed E-state index contributed by atoms with van der Waals surface area (Å²) in [5.41, 5.74) is 2.26. The zero-order valence-electron chi connectivity index (χ0n) is 16.9. The first-order valence-electron chi connectivity index (χ1n) is 9.06. The summed E-state index contributed by atoms with van der Waals surface area (Å²) in [4.78, 5) is 12.1. The third-order valence-corrected chi connectivity index (χ3v) is 4.16. The molecule has 0 atom stereocenters. The summed E-state index contributed by atoms with van der Waals surface area (Å²) in [6, 6.07) is 15.8. The third kappa shape index (κ3) is 4.19. The van der Waals surface area contributed by atoms with Crippen LogP contribution in [0.25, 0.3) is 22.7 Å². The van der Waals surface area contributed by atoms with E-state index in [9.17, 15) is 4.79 Å². The minimum atomic E-state index is -0.530. The average Bonchev–Trinajstić information content (AvgIpc) is 3.03. The van der Waals surface area contributed by atoms with Crippen molar-refractivity contribution in [2.45, 2.75) is 26.4 Å². The molecule has 0 spiro atoms. The highest BCUT2D eigenvalue weighted by atomic mass is 16.6. The van der Waals surface area contributed by atoms with Crippen molar-refractivity contribution in [3.05, 3.63) is 60.3 Å². The van der Waals surface area contributed by atoms with Crippen molar-refractivity contribution in [1.82, 2.24) is 4.57 Å². The summed E-state index contributed by atoms with van der Waals surface area (Å²) in [6.07, 6.45) is 3.22. The summed E-state index contributed by atoms with van der Waals surface area (Å²) in [7, 11) is 3.22. The molecule has 1 aromatic heterocycles. The number of ether oxygens (including phenoxy) is 3. The molecule has 28 heavy (non-hydrogen) atoms. The Labute approximate surface area is 165 Å². The lowest BCUT2D eigenvalue weighted by Crippen LogP contribution is -2.22. The minimum Gasteiger partial charge on any atom is -0.493 e. The van der Waals surface area contributed by atoms with E-state index in [-0.39, 0.29) is 5.97 Å². The Hall–Kier alpha value is -3.21. The summed E-state index contributed by atoms with van der Waals surface area (Å²) in [5.74, 6) is 0.921. The van der Waals surface area contributed by atoms with Crippen LogP contribution in [0.1, 0.15) is 26.5 Å². The molecule has 5 nitrogen and oxygen atoms in total. The van der Waals surface area contributed by atoms with Gasteiger partial charge >= 0.3 is 5.97 Å². The van der Waals surface area contributed by atoms with E-state index in [1.165, 1.54) is 6.08 Å². The predicted molar refractivity (Wildman–Crippen MR) is 111 cm³/mol. The highest BCUT2D eigenvalue weighted by Gasteiger charge is 2.15. The molecule has 0 aliphatic heterocycles. The largest absolute Gasteiger partial charge is 0.493 e. The molecule has 3 aromatic rings. The first-order chi connectivity index (χ1) is 13.3. The first-order valence-corrected chi connectivity index (χ1v) is 9.06. The van der Waals surface area contributed by atoms with Crippen LogP contribution in [0.4, 0.5) is 0 Å². The monoisotopic (exact) mass is 379 g/mol. The molecule has 0 bridgehead atoms. The molecule has 0 unspecified atom stereocenters. The van der Waals surface area contributed by atoms with E-state index in [0.717, 1.165) is 22.3 Å². The Balaban J connectivity index is 2.09. The fraction of sp³-hybridized carbons (Fsp3) is 0.261. The van der Waals surface area contributed by atoms with Crippen LogP contribution in [0, 0.1) is 0 Å². The molecule has 3 rings (SSSR count). The molecule has 0 aliphatic rings. The maximum absolute atomic E-state index is 12.1. The Morgan fingerprint density at radius 2 is 1.68 bits per heavy atom. The molecule has 146 valence electrons. The normalized spacial score (nSPS) is 11.8. The van der Waals surface area contributed by atoms with Crippen LogP contribution in [-0.4, -0.2) is 30.4 Å². The van der Waals surface area contributed by atoms with E-state index >= 15 is 0 Å². The molecule has 1 heterocycles. The van der Waals surface area contributed by atoms with Crippen LogP contribution in [0.5, 0.6) is 11.5 Å². The van der Waals surface area contributed by atoms with Gasteiger partial charge in [-0.25, -0.2) is 4.79 Å². The lowest BCUT2D eigenvalue weighted by molar-refractivity contribution is -0.148. The summed E-state index contributed by atoms with van der Waals surface area (Å²) >= 11 is 0. The van der Waals surface area contributed by atoms with E-state index in [4.69, 9.17) is 14.2 Å². The van der Waals surface area contributed by atoms with Crippen LogP contribution in [0.2, 0.25) is 0 Å². The van der Waals surface area contributed by atoms with Gasteiger partial charge in [0.25, 0.3) is 0 Å². The van der Waals surface area contributed by atoms with Crippen LogP contribution in [0.3, 0.4) is 0 Å². The number of aromatic nitrogens is 1. The van der Waals surface area contributed by atoms with Gasteiger partial charge in [-0.15, -0.1) is 0 Å². The Bertz CT molecular complexity index is 1020. The molecular formula is C23H25NO4. The molecule has 0 N–H and O–H groups in total. The van der Waals surface area contributed by atoms with E-state index in [0.29, 0.717) is 11.5 Å². The maximum atomic E-state index is 12.1. The summed E-state index contributed by atoms with van der Waals surface area (Å²) in [6.45, 7) is 5.54. The number of hydrogen-bond donors (Lipinski definition) is 0. The van der Waals surface area contributed by atoms with Crippen LogP contribution in [-0.2, 0) is 9.53 Å². The minimum absolute atomic E-state index is 0.378. The van der Waals surface area contributed by atoms with Crippen molar-refractivity contribution >= 4 is 22.9 Å². The number of benzene rings is 2. The number of rotatable bonds is 5. The van der Waals surface area contributed by atoms with Gasteiger partial charge in [-0.2, -0.15) is 0 Å². The highest BCUT2D eigenvalue weighted by Crippen LogP contribution is 2.32. The number of esters is 1. The fourth-order valence-electron chi connectivity index (χ4n) is 3.04. The first kappa shape index (κ1) is 19.5. The van der Waals surface area contributed by atoms with Gasteiger partial charge in [0.15, 0.2) is 11.5 Å². The Morgan fingerprint density at radius 3 is 2.36 bits per heavy atom. The maximum Gasteiger partial charge on any atom is 0.331 e. The number of nitrogens with zero attached hydrogens (tertiary/aromatic N) is 1. The number of carbonyl (C=O) groups is 1. The number of methoxy groups -OCH3 is 2. The Morgan fingerprint density at radius 1 is 0.964 bits per heavy atom. The van der Waals surface area contributed by atoms with Crippen LogP contribution < -0.4 is 9.47 Å². The molecule has 0 aliphatic carbocycles. The van der Waals surface area contributed by atoms with Crippen LogP contribution >= 0.6 is 0 Å². The summed E-state index contributed by atoms with van der Waals surface area (Å²) < 4.78 is 18.2. The number of para-hydroxylation sites is 1. The zero-order valence-corrected chi connectivity index (χ0v) is 16.9.